The average Bonchev–Trinajstić information content (AvgIpc) is 3.08. The molecule has 0 amide bonds. The zero-order valence-electron chi connectivity index (χ0n) is 11.2. The molecule has 21 heavy (non-hydrogen) atoms. The zero-order chi connectivity index (χ0) is 14.8. The van der Waals surface area contributed by atoms with Gasteiger partial charge in [-0.15, -0.1) is 10.2 Å². The lowest BCUT2D eigenvalue weighted by molar-refractivity contribution is 0.145. The summed E-state index contributed by atoms with van der Waals surface area (Å²) < 4.78 is 32.1. The van der Waals surface area contributed by atoms with Gasteiger partial charge in [-0.25, -0.2) is 8.78 Å². The minimum atomic E-state index is -2.59. The Morgan fingerprint density at radius 3 is 2.62 bits per heavy atom. The maximum atomic E-state index is 12.6. The quantitative estimate of drug-likeness (QED) is 0.740. The molecule has 2 heterocycles. The molecule has 0 aliphatic rings. The first-order valence-corrected chi connectivity index (χ1v) is 6.34. The van der Waals surface area contributed by atoms with Gasteiger partial charge in [0.15, 0.2) is 0 Å². The van der Waals surface area contributed by atoms with E-state index in [2.05, 4.69) is 15.3 Å². The van der Waals surface area contributed by atoms with Crippen molar-refractivity contribution in [3.05, 3.63) is 53.7 Å². The minimum Gasteiger partial charge on any atom is -0.419 e. The number of halogens is 2. The fourth-order valence-electron chi connectivity index (χ4n) is 1.95. The van der Waals surface area contributed by atoms with Gasteiger partial charge in [0.05, 0.1) is 0 Å². The molecule has 0 N–H and O–H groups in total. The molecule has 1 aromatic carbocycles. The molecule has 5 nitrogen and oxygen atoms in total. The number of aryl methyl sites for hydroxylation is 1. The summed E-state index contributed by atoms with van der Waals surface area (Å²) in [6, 6.07) is 10.7. The van der Waals surface area contributed by atoms with Crippen LogP contribution in [0.1, 0.15) is 23.7 Å². The fourth-order valence-corrected chi connectivity index (χ4v) is 1.95. The second-order valence-electron chi connectivity index (χ2n) is 4.54. The Bertz CT molecular complexity index is 737. The number of hydrogen-bond donors (Lipinski definition) is 0. The predicted octanol–water partition coefficient (Wildman–Crippen LogP) is 3.23. The molecule has 0 saturated carbocycles. The van der Waals surface area contributed by atoms with Crippen molar-refractivity contribution < 1.29 is 13.2 Å². The van der Waals surface area contributed by atoms with E-state index in [1.54, 1.807) is 6.92 Å². The summed E-state index contributed by atoms with van der Waals surface area (Å²) in [5.74, 6) is 0.713. The first-order chi connectivity index (χ1) is 10.1. The standard InChI is InChI=1S/C14H12F2N4O/c1-9-7-11(13(15)16)19-20(9)8-12-17-18-14(21-12)10-5-3-2-4-6-10/h2-7,13H,8H2,1H3. The molecule has 0 saturated heterocycles. The highest BCUT2D eigenvalue weighted by Crippen LogP contribution is 2.20. The molecule has 108 valence electrons. The summed E-state index contributed by atoms with van der Waals surface area (Å²) >= 11 is 0. The number of alkyl halides is 2. The van der Waals surface area contributed by atoms with Crippen molar-refractivity contribution in [1.29, 1.82) is 0 Å². The van der Waals surface area contributed by atoms with Crippen LogP contribution >= 0.6 is 0 Å². The molecular formula is C14H12F2N4O. The molecule has 0 aliphatic carbocycles. The van der Waals surface area contributed by atoms with Gasteiger partial charge < -0.3 is 4.42 Å². The summed E-state index contributed by atoms with van der Waals surface area (Å²) in [6.07, 6.45) is -2.59. The van der Waals surface area contributed by atoms with E-state index < -0.39 is 6.43 Å². The van der Waals surface area contributed by atoms with E-state index in [1.807, 2.05) is 30.3 Å². The van der Waals surface area contributed by atoms with Crippen molar-refractivity contribution in [2.45, 2.75) is 19.9 Å². The third-order valence-corrected chi connectivity index (χ3v) is 3.00. The number of rotatable bonds is 4. The molecule has 0 atom stereocenters. The zero-order valence-corrected chi connectivity index (χ0v) is 11.2. The fraction of sp³-hybridized carbons (Fsp3) is 0.214. The third-order valence-electron chi connectivity index (χ3n) is 3.00. The molecule has 0 fully saturated rings. The Balaban J connectivity index is 1.82. The molecule has 0 bridgehead atoms. The van der Waals surface area contributed by atoms with Crippen molar-refractivity contribution in [1.82, 2.24) is 20.0 Å². The van der Waals surface area contributed by atoms with Crippen LogP contribution in [0.5, 0.6) is 0 Å². The van der Waals surface area contributed by atoms with Crippen LogP contribution in [0.4, 0.5) is 8.78 Å². The second-order valence-corrected chi connectivity index (χ2v) is 4.54. The summed E-state index contributed by atoms with van der Waals surface area (Å²) in [4.78, 5) is 0. The van der Waals surface area contributed by atoms with E-state index in [9.17, 15) is 8.78 Å². The van der Waals surface area contributed by atoms with Gasteiger partial charge in [-0.3, -0.25) is 4.68 Å². The normalized spacial score (nSPS) is 11.2. The van der Waals surface area contributed by atoms with Gasteiger partial charge in [0.2, 0.25) is 11.8 Å². The summed E-state index contributed by atoms with van der Waals surface area (Å²) in [5, 5.41) is 11.7. The van der Waals surface area contributed by atoms with Crippen LogP contribution in [-0.2, 0) is 6.54 Å². The predicted molar refractivity (Wildman–Crippen MR) is 70.8 cm³/mol. The maximum Gasteiger partial charge on any atom is 0.282 e. The van der Waals surface area contributed by atoms with Crippen molar-refractivity contribution >= 4 is 0 Å². The van der Waals surface area contributed by atoms with E-state index in [4.69, 9.17) is 4.42 Å². The molecule has 3 rings (SSSR count). The van der Waals surface area contributed by atoms with Crippen LogP contribution in [-0.4, -0.2) is 20.0 Å². The van der Waals surface area contributed by atoms with Crippen LogP contribution in [0.25, 0.3) is 11.5 Å². The SMILES string of the molecule is Cc1cc(C(F)F)nn1Cc1nnc(-c2ccccc2)o1. The largest absolute Gasteiger partial charge is 0.419 e. The van der Waals surface area contributed by atoms with E-state index in [-0.39, 0.29) is 12.2 Å². The Hall–Kier alpha value is -2.57. The molecule has 7 heteroatoms. The number of aromatic nitrogens is 4. The molecule has 2 aromatic heterocycles. The Morgan fingerprint density at radius 2 is 1.95 bits per heavy atom. The smallest absolute Gasteiger partial charge is 0.282 e. The van der Waals surface area contributed by atoms with Gasteiger partial charge in [0.25, 0.3) is 6.43 Å². The third kappa shape index (κ3) is 2.81. The van der Waals surface area contributed by atoms with E-state index in [0.29, 0.717) is 17.5 Å². The van der Waals surface area contributed by atoms with Crippen LogP contribution in [0.15, 0.2) is 40.8 Å². The highest BCUT2D eigenvalue weighted by Gasteiger charge is 2.15. The van der Waals surface area contributed by atoms with Crippen molar-refractivity contribution in [2.24, 2.45) is 0 Å². The number of nitrogens with zero attached hydrogens (tertiary/aromatic N) is 4. The Labute approximate surface area is 119 Å². The van der Waals surface area contributed by atoms with Gasteiger partial charge in [-0.2, -0.15) is 5.10 Å². The first-order valence-electron chi connectivity index (χ1n) is 6.34. The molecule has 0 unspecified atom stereocenters. The van der Waals surface area contributed by atoms with Gasteiger partial charge >= 0.3 is 0 Å². The van der Waals surface area contributed by atoms with E-state index in [0.717, 1.165) is 5.56 Å². The lowest BCUT2D eigenvalue weighted by Crippen LogP contribution is -2.04. The second kappa shape index (κ2) is 5.43. The van der Waals surface area contributed by atoms with E-state index in [1.165, 1.54) is 10.7 Å². The average molecular weight is 290 g/mol. The minimum absolute atomic E-state index is 0.165. The monoisotopic (exact) mass is 290 g/mol. The van der Waals surface area contributed by atoms with E-state index >= 15 is 0 Å². The summed E-state index contributed by atoms with van der Waals surface area (Å²) in [5.41, 5.74) is 1.17. The van der Waals surface area contributed by atoms with Crippen LogP contribution in [0.3, 0.4) is 0 Å². The number of hydrogen-bond acceptors (Lipinski definition) is 4. The van der Waals surface area contributed by atoms with Crippen molar-refractivity contribution in [2.75, 3.05) is 0 Å². The lowest BCUT2D eigenvalue weighted by Gasteiger charge is -1.99. The maximum absolute atomic E-state index is 12.6. The lowest BCUT2D eigenvalue weighted by atomic mass is 10.2. The van der Waals surface area contributed by atoms with Crippen LogP contribution < -0.4 is 0 Å². The Morgan fingerprint density at radius 1 is 1.19 bits per heavy atom. The van der Waals surface area contributed by atoms with Crippen molar-refractivity contribution in [3.63, 3.8) is 0 Å². The topological polar surface area (TPSA) is 56.7 Å². The number of benzene rings is 1. The highest BCUT2D eigenvalue weighted by molar-refractivity contribution is 5.51. The first kappa shape index (κ1) is 13.4. The van der Waals surface area contributed by atoms with Gasteiger partial charge in [-0.1, -0.05) is 18.2 Å². The summed E-state index contributed by atoms with van der Waals surface area (Å²) in [7, 11) is 0. The molecule has 3 aromatic rings. The van der Waals surface area contributed by atoms with Gasteiger partial charge in [0, 0.05) is 11.3 Å². The van der Waals surface area contributed by atoms with Gasteiger partial charge in [-0.05, 0) is 25.1 Å². The van der Waals surface area contributed by atoms with Crippen molar-refractivity contribution in [3.8, 4) is 11.5 Å². The summed E-state index contributed by atoms with van der Waals surface area (Å²) in [6.45, 7) is 1.87. The molecular weight excluding hydrogens is 278 g/mol. The molecule has 0 radical (unpaired) electrons. The molecule has 0 aliphatic heterocycles. The molecule has 0 spiro atoms. The van der Waals surface area contributed by atoms with Crippen LogP contribution in [0, 0.1) is 6.92 Å². The van der Waals surface area contributed by atoms with Crippen LogP contribution in [0.2, 0.25) is 0 Å². The Kier molecular flexibility index (Phi) is 3.47. The highest BCUT2D eigenvalue weighted by atomic mass is 19.3. The van der Waals surface area contributed by atoms with Gasteiger partial charge in [0.1, 0.15) is 12.2 Å².